The number of thiocarbonyl (C=S) groups is 1. The molecular formula is C21H17BrClFN6S. The molecule has 0 spiro atoms. The minimum Gasteiger partial charge on any atom is -0.330 e. The van der Waals surface area contributed by atoms with E-state index in [1.807, 2.05) is 35.1 Å². The summed E-state index contributed by atoms with van der Waals surface area (Å²) in [5.41, 5.74) is 2.28. The highest BCUT2D eigenvalue weighted by Gasteiger charge is 2.10. The highest BCUT2D eigenvalue weighted by Crippen LogP contribution is 2.20. The lowest BCUT2D eigenvalue weighted by Crippen LogP contribution is -2.19. The minimum absolute atomic E-state index is 0.218. The summed E-state index contributed by atoms with van der Waals surface area (Å²) in [6.45, 7) is 0.869. The van der Waals surface area contributed by atoms with Gasteiger partial charge in [-0.1, -0.05) is 45.7 Å². The smallest absolute Gasteiger partial charge is 0.176 e. The van der Waals surface area contributed by atoms with Gasteiger partial charge in [-0.2, -0.15) is 10.2 Å². The summed E-state index contributed by atoms with van der Waals surface area (Å²) in [5.74, 6) is 0.169. The molecule has 10 heteroatoms. The van der Waals surface area contributed by atoms with Gasteiger partial charge in [-0.05, 0) is 42.0 Å². The topological polar surface area (TPSA) is 59.7 Å². The van der Waals surface area contributed by atoms with E-state index in [1.54, 1.807) is 35.3 Å². The van der Waals surface area contributed by atoms with Gasteiger partial charge >= 0.3 is 0 Å². The molecule has 0 atom stereocenters. The Kier molecular flexibility index (Phi) is 6.64. The fourth-order valence-corrected chi connectivity index (χ4v) is 3.64. The molecule has 2 N–H and O–H groups in total. The molecule has 0 saturated heterocycles. The van der Waals surface area contributed by atoms with E-state index in [9.17, 15) is 4.39 Å². The molecule has 4 rings (SSSR count). The van der Waals surface area contributed by atoms with Crippen LogP contribution in [0, 0.1) is 5.82 Å². The van der Waals surface area contributed by atoms with Crippen molar-refractivity contribution >= 4 is 56.4 Å². The predicted octanol–water partition coefficient (Wildman–Crippen LogP) is 5.54. The second kappa shape index (κ2) is 9.59. The Morgan fingerprint density at radius 1 is 1.06 bits per heavy atom. The van der Waals surface area contributed by atoms with Gasteiger partial charge in [0.1, 0.15) is 5.82 Å². The van der Waals surface area contributed by atoms with Gasteiger partial charge in [0.2, 0.25) is 0 Å². The SMILES string of the molecule is Fc1cccc(Cl)c1Cn1ccc(NC(=S)Nc2cnn(Cc3ccc(Br)cc3)c2)n1. The van der Waals surface area contributed by atoms with Crippen LogP contribution >= 0.6 is 39.7 Å². The van der Waals surface area contributed by atoms with Crippen LogP contribution in [-0.2, 0) is 13.1 Å². The second-order valence-corrected chi connectivity index (χ2v) is 8.46. The number of halogens is 3. The highest BCUT2D eigenvalue weighted by atomic mass is 79.9. The van der Waals surface area contributed by atoms with Gasteiger partial charge in [0.15, 0.2) is 10.9 Å². The zero-order valence-electron chi connectivity index (χ0n) is 16.1. The quantitative estimate of drug-likeness (QED) is 0.328. The van der Waals surface area contributed by atoms with Crippen molar-refractivity contribution in [2.24, 2.45) is 0 Å². The van der Waals surface area contributed by atoms with Crippen LogP contribution in [0.4, 0.5) is 15.9 Å². The summed E-state index contributed by atoms with van der Waals surface area (Å²) in [5, 5.41) is 15.5. The van der Waals surface area contributed by atoms with Crippen LogP contribution in [0.3, 0.4) is 0 Å². The van der Waals surface area contributed by atoms with Crippen molar-refractivity contribution < 1.29 is 4.39 Å². The zero-order valence-corrected chi connectivity index (χ0v) is 19.3. The molecule has 6 nitrogen and oxygen atoms in total. The molecule has 0 aliphatic rings. The van der Waals surface area contributed by atoms with E-state index < -0.39 is 0 Å². The summed E-state index contributed by atoms with van der Waals surface area (Å²) in [6.07, 6.45) is 5.30. The lowest BCUT2D eigenvalue weighted by atomic mass is 10.2. The number of rotatable bonds is 6. The van der Waals surface area contributed by atoms with Crippen LogP contribution in [0.1, 0.15) is 11.1 Å². The average Bonchev–Trinajstić information content (AvgIpc) is 3.36. The van der Waals surface area contributed by atoms with E-state index in [0.717, 1.165) is 15.7 Å². The molecule has 2 aromatic carbocycles. The third kappa shape index (κ3) is 5.69. The van der Waals surface area contributed by atoms with Gasteiger partial charge in [0.05, 0.1) is 25.0 Å². The predicted molar refractivity (Wildman–Crippen MR) is 128 cm³/mol. The molecule has 31 heavy (non-hydrogen) atoms. The molecule has 2 aromatic heterocycles. The Bertz CT molecular complexity index is 1190. The number of nitrogens with one attached hydrogen (secondary N) is 2. The number of hydrogen-bond donors (Lipinski definition) is 2. The van der Waals surface area contributed by atoms with E-state index >= 15 is 0 Å². The standard InChI is InChI=1S/C21H17BrClFN6S/c22-15-6-4-14(5-7-15)11-30-12-16(10-25-30)26-21(31)27-20-8-9-29(28-20)13-17-18(23)2-1-3-19(17)24/h1-10,12H,11,13H2,(H2,26,27,28,31). The first kappa shape index (κ1) is 21.5. The maximum absolute atomic E-state index is 14.0. The molecule has 158 valence electrons. The summed E-state index contributed by atoms with van der Waals surface area (Å²) < 4.78 is 18.4. The molecule has 0 radical (unpaired) electrons. The molecule has 4 aromatic rings. The molecule has 0 bridgehead atoms. The van der Waals surface area contributed by atoms with Crippen LogP contribution < -0.4 is 10.6 Å². The Morgan fingerprint density at radius 2 is 1.87 bits per heavy atom. The summed E-state index contributed by atoms with van der Waals surface area (Å²) >= 11 is 14.9. The number of anilines is 2. The minimum atomic E-state index is -0.366. The van der Waals surface area contributed by atoms with E-state index in [-0.39, 0.29) is 12.4 Å². The van der Waals surface area contributed by atoms with Gasteiger partial charge in [-0.15, -0.1) is 0 Å². The summed E-state index contributed by atoms with van der Waals surface area (Å²) in [7, 11) is 0. The summed E-state index contributed by atoms with van der Waals surface area (Å²) in [4.78, 5) is 0. The average molecular weight is 520 g/mol. The molecular weight excluding hydrogens is 503 g/mol. The lowest BCUT2D eigenvalue weighted by Gasteiger charge is -2.07. The molecule has 0 fully saturated rings. The fourth-order valence-electron chi connectivity index (χ4n) is 2.93. The number of hydrogen-bond acceptors (Lipinski definition) is 3. The molecule has 0 aliphatic heterocycles. The first-order valence-electron chi connectivity index (χ1n) is 9.27. The van der Waals surface area contributed by atoms with Gasteiger partial charge in [0.25, 0.3) is 0 Å². The van der Waals surface area contributed by atoms with Crippen LogP contribution in [0.15, 0.2) is 71.6 Å². The zero-order chi connectivity index (χ0) is 21.8. The largest absolute Gasteiger partial charge is 0.330 e. The van der Waals surface area contributed by atoms with Gasteiger partial charge in [0, 0.05) is 33.5 Å². The van der Waals surface area contributed by atoms with Crippen LogP contribution in [-0.4, -0.2) is 24.7 Å². The van der Waals surface area contributed by atoms with Crippen molar-refractivity contribution in [1.82, 2.24) is 19.6 Å². The second-order valence-electron chi connectivity index (χ2n) is 6.73. The monoisotopic (exact) mass is 518 g/mol. The van der Waals surface area contributed by atoms with Crippen molar-refractivity contribution in [2.45, 2.75) is 13.1 Å². The Balaban J connectivity index is 1.33. The van der Waals surface area contributed by atoms with E-state index in [1.165, 1.54) is 6.07 Å². The van der Waals surface area contributed by atoms with Gasteiger partial charge < -0.3 is 10.6 Å². The number of nitrogens with zero attached hydrogens (tertiary/aromatic N) is 4. The van der Waals surface area contributed by atoms with Crippen molar-refractivity contribution in [3.8, 4) is 0 Å². The third-order valence-electron chi connectivity index (χ3n) is 4.41. The normalized spacial score (nSPS) is 10.8. The molecule has 0 saturated carbocycles. The molecule has 0 aliphatic carbocycles. The van der Waals surface area contributed by atoms with Crippen molar-refractivity contribution in [2.75, 3.05) is 10.6 Å². The first-order chi connectivity index (χ1) is 15.0. The van der Waals surface area contributed by atoms with Gasteiger partial charge in [-0.25, -0.2) is 4.39 Å². The molecule has 0 amide bonds. The van der Waals surface area contributed by atoms with E-state index in [2.05, 4.69) is 36.8 Å². The maximum atomic E-state index is 14.0. The maximum Gasteiger partial charge on any atom is 0.176 e. The fraction of sp³-hybridized carbons (Fsp3) is 0.0952. The first-order valence-corrected chi connectivity index (χ1v) is 10.9. The van der Waals surface area contributed by atoms with E-state index in [4.69, 9.17) is 23.8 Å². The van der Waals surface area contributed by atoms with Crippen molar-refractivity contribution in [1.29, 1.82) is 0 Å². The molecule has 2 heterocycles. The summed E-state index contributed by atoms with van der Waals surface area (Å²) in [6, 6.07) is 14.4. The molecule has 0 unspecified atom stereocenters. The Morgan fingerprint density at radius 3 is 2.65 bits per heavy atom. The lowest BCUT2D eigenvalue weighted by molar-refractivity contribution is 0.586. The number of benzene rings is 2. The number of aromatic nitrogens is 4. The van der Waals surface area contributed by atoms with Gasteiger partial charge in [-0.3, -0.25) is 9.36 Å². The van der Waals surface area contributed by atoms with Crippen molar-refractivity contribution in [3.05, 3.63) is 93.6 Å². The van der Waals surface area contributed by atoms with E-state index in [0.29, 0.717) is 28.1 Å². The van der Waals surface area contributed by atoms with Crippen LogP contribution in [0.5, 0.6) is 0 Å². The van der Waals surface area contributed by atoms with Crippen LogP contribution in [0.25, 0.3) is 0 Å². The Labute approximate surface area is 197 Å². The Hall–Kier alpha value is -2.75. The van der Waals surface area contributed by atoms with Crippen molar-refractivity contribution in [3.63, 3.8) is 0 Å². The van der Waals surface area contributed by atoms with Crippen LogP contribution in [0.2, 0.25) is 5.02 Å². The third-order valence-corrected chi connectivity index (χ3v) is 5.50. The highest BCUT2D eigenvalue weighted by molar-refractivity contribution is 9.10.